The van der Waals surface area contributed by atoms with Gasteiger partial charge in [0.1, 0.15) is 36.4 Å². The predicted molar refractivity (Wildman–Crippen MR) is 325 cm³/mol. The van der Waals surface area contributed by atoms with Crippen molar-refractivity contribution in [3.05, 3.63) is 35.9 Å². The van der Waals surface area contributed by atoms with Gasteiger partial charge in [-0.05, 0) is 88.4 Å². The van der Waals surface area contributed by atoms with E-state index in [-0.39, 0.29) is 68.6 Å². The van der Waals surface area contributed by atoms with Crippen LogP contribution < -0.4 is 53.0 Å². The lowest BCUT2D eigenvalue weighted by Crippen LogP contribution is -2.54. The zero-order chi connectivity index (χ0) is 64.4. The number of thioether (sulfide) groups is 1. The van der Waals surface area contributed by atoms with Crippen LogP contribution in [-0.2, 0) is 64.0 Å². The zero-order valence-corrected chi connectivity index (χ0v) is 51.7. The minimum atomic E-state index is -0.989. The fourth-order valence-electron chi connectivity index (χ4n) is 8.87. The Morgan fingerprint density at radius 2 is 1.59 bits per heavy atom. The quantitative estimate of drug-likeness (QED) is 0.0177. The first-order chi connectivity index (χ1) is 41.2. The lowest BCUT2D eigenvalue weighted by Gasteiger charge is -2.28. The van der Waals surface area contributed by atoms with E-state index in [9.17, 15) is 62.6 Å². The fraction of sp³-hybridized carbons (Fsp3) is 0.621. The van der Waals surface area contributed by atoms with Crippen LogP contribution in [0.5, 0.6) is 5.75 Å². The maximum Gasteiger partial charge on any atom is 0.246 e. The Morgan fingerprint density at radius 1 is 0.895 bits per heavy atom. The predicted octanol–water partition coefficient (Wildman–Crippen LogP) is -0.221. The second-order valence-electron chi connectivity index (χ2n) is 20.6. The summed E-state index contributed by atoms with van der Waals surface area (Å²) in [7, 11) is 3.32. The summed E-state index contributed by atoms with van der Waals surface area (Å²) in [5, 5.41) is 40.5. The van der Waals surface area contributed by atoms with Gasteiger partial charge in [-0.2, -0.15) is 0 Å². The number of nitrogens with one attached hydrogen (secondary N) is 9. The van der Waals surface area contributed by atoms with Gasteiger partial charge in [0.25, 0.3) is 0 Å². The number of allylic oxidation sites excluding steroid dienone is 1. The number of amides is 10. The van der Waals surface area contributed by atoms with Crippen LogP contribution in [0.4, 0.5) is 0 Å². The molecule has 1 fully saturated rings. The molecule has 13 N–H and O–H groups in total. The molecule has 1 aliphatic heterocycles. The van der Waals surface area contributed by atoms with Gasteiger partial charge < -0.3 is 82.8 Å². The first kappa shape index (κ1) is 76.6. The third-order valence-electron chi connectivity index (χ3n) is 13.8. The van der Waals surface area contributed by atoms with E-state index in [1.807, 2.05) is 31.4 Å². The molecule has 86 heavy (non-hydrogen) atoms. The van der Waals surface area contributed by atoms with Gasteiger partial charge >= 0.3 is 0 Å². The number of aromatic nitrogens is 1. The maximum absolute atomic E-state index is 13.2. The van der Waals surface area contributed by atoms with Crippen LogP contribution in [0, 0.1) is 5.92 Å². The van der Waals surface area contributed by atoms with Gasteiger partial charge in [-0.3, -0.25) is 52.7 Å². The lowest BCUT2D eigenvalue weighted by atomic mass is 9.98. The molecular weight excluding hydrogens is 1140 g/mol. The molecule has 0 aliphatic carbocycles. The van der Waals surface area contributed by atoms with Crippen LogP contribution in [-0.4, -0.2) is 207 Å². The molecule has 1 saturated heterocycles. The van der Waals surface area contributed by atoms with Crippen LogP contribution >= 0.6 is 11.8 Å². The Hall–Kier alpha value is -7.43. The number of aromatic amines is 1. The summed E-state index contributed by atoms with van der Waals surface area (Å²) in [6, 6.07) is 2.00. The number of hydrogen-bond donors (Lipinski definition) is 12. The van der Waals surface area contributed by atoms with Gasteiger partial charge in [-0.1, -0.05) is 59.3 Å². The summed E-state index contributed by atoms with van der Waals surface area (Å²) >= 11 is 1.46. The second-order valence-corrected chi connectivity index (χ2v) is 21.4. The van der Waals surface area contributed by atoms with Crippen LogP contribution in [0.2, 0.25) is 0 Å². The third kappa shape index (κ3) is 30.1. The van der Waals surface area contributed by atoms with E-state index < -0.39 is 66.4 Å². The Balaban J connectivity index is 0.000000799. The Kier molecular flexibility index (Phi) is 40.0. The average molecular weight is 1230 g/mol. The number of aldehydes is 2. The van der Waals surface area contributed by atoms with Gasteiger partial charge in [0.05, 0.1) is 62.0 Å². The summed E-state index contributed by atoms with van der Waals surface area (Å²) < 4.78 is 5.93. The molecular formula is C58H94N12O15S. The van der Waals surface area contributed by atoms with Gasteiger partial charge in [-0.25, -0.2) is 0 Å². The zero-order valence-electron chi connectivity index (χ0n) is 50.9. The molecule has 0 bridgehead atoms. The number of carbonyl (C=O) groups is 12. The van der Waals surface area contributed by atoms with Crippen molar-refractivity contribution in [2.45, 2.75) is 159 Å². The minimum Gasteiger partial charge on any atom is -0.494 e. The molecule has 1 aromatic heterocycles. The number of aliphatic hydroxyl groups is 2. The van der Waals surface area contributed by atoms with Crippen molar-refractivity contribution < 1.29 is 72.5 Å². The van der Waals surface area contributed by atoms with Crippen LogP contribution in [0.15, 0.2) is 35.4 Å². The normalized spacial score (nSPS) is 14.6. The number of fused-ring (bicyclic) bond motifs is 1. The number of rotatable bonds is 41. The summed E-state index contributed by atoms with van der Waals surface area (Å²) in [6.07, 6.45) is 16.2. The van der Waals surface area contributed by atoms with Crippen LogP contribution in [0.1, 0.15) is 117 Å². The number of likely N-dealkylation sites (N-methyl/N-ethyl adjacent to an activating group) is 2. The number of aliphatic hydroxyl groups excluding tert-OH is 2. The molecule has 0 saturated carbocycles. The Morgan fingerprint density at radius 3 is 2.22 bits per heavy atom. The van der Waals surface area contributed by atoms with Crippen molar-refractivity contribution in [3.8, 4) is 5.75 Å². The summed E-state index contributed by atoms with van der Waals surface area (Å²) in [4.78, 5) is 146. The molecule has 482 valence electrons. The molecule has 0 spiro atoms. The number of likely N-dealkylation sites (tertiary alicyclic amines) is 1. The fourth-order valence-corrected chi connectivity index (χ4v) is 9.52. The number of H-pyrrole nitrogens is 1. The van der Waals surface area contributed by atoms with E-state index in [2.05, 4.69) is 54.4 Å². The van der Waals surface area contributed by atoms with Gasteiger partial charge in [0, 0.05) is 56.7 Å². The molecule has 3 rings (SSSR count). The molecule has 1 aliphatic rings. The largest absolute Gasteiger partial charge is 0.494 e. The van der Waals surface area contributed by atoms with Gasteiger partial charge in [0.15, 0.2) is 0 Å². The van der Waals surface area contributed by atoms with Crippen molar-refractivity contribution in [1.82, 2.24) is 57.3 Å². The van der Waals surface area contributed by atoms with Crippen molar-refractivity contribution in [2.24, 2.45) is 11.7 Å². The van der Waals surface area contributed by atoms with Crippen LogP contribution in [0.25, 0.3) is 10.9 Å². The smallest absolute Gasteiger partial charge is 0.246 e. The van der Waals surface area contributed by atoms with Crippen molar-refractivity contribution >= 4 is 95.3 Å². The van der Waals surface area contributed by atoms with E-state index in [0.717, 1.165) is 66.6 Å². The molecule has 7 unspecified atom stereocenters. The van der Waals surface area contributed by atoms with E-state index in [4.69, 9.17) is 15.6 Å². The number of primary amides is 1. The van der Waals surface area contributed by atoms with Gasteiger partial charge in [0.2, 0.25) is 60.1 Å². The number of nitrogens with two attached hydrogens (primary N) is 1. The molecule has 2 aromatic rings. The minimum absolute atomic E-state index is 0.103. The highest BCUT2D eigenvalue weighted by Crippen LogP contribution is 2.32. The van der Waals surface area contributed by atoms with E-state index >= 15 is 0 Å². The van der Waals surface area contributed by atoms with Crippen molar-refractivity contribution in [2.75, 3.05) is 72.8 Å². The highest BCUT2D eigenvalue weighted by atomic mass is 32.2. The first-order valence-corrected chi connectivity index (χ1v) is 30.4. The Bertz CT molecular complexity index is 2480. The molecule has 10 amide bonds. The monoisotopic (exact) mass is 1230 g/mol. The highest BCUT2D eigenvalue weighted by Gasteiger charge is 2.38. The average Bonchev–Trinajstić information content (AvgIpc) is 2.34. The molecule has 27 nitrogen and oxygen atoms in total. The number of hydrogen-bond acceptors (Lipinski definition) is 17. The van der Waals surface area contributed by atoms with E-state index in [0.29, 0.717) is 70.1 Å². The standard InChI is InChI=1S/C32H47N7O8S.C15H28N4O5.C11H19NO2/c1-4-21(2)29(31(46)36-17-27(43)34-12-13-40)39-28(44)18-35-30(45)26(37-20-42)16-24-23-10-9-22(15-25(23)38-32(24)48-3)47-14-8-6-5-7-11-33-19-41;1-9(6-10(21)8-20)18-14(23)12-4-3-5-19(12)15(24)11(17-2)7-13(16)22;1-3-4-5-6-9-12(2)11(14)8-7-10-13/h9-10,13,15,19-21,26,29,38H,4-8,11-12,14,16-18H2,1-3H3,(H,33,41)(H,34,43)(H,35,45)(H,36,46)(H,37,42)(H,39,44);9-12,17,20-21H,3-8H2,1-2H3,(H2,16,22)(H,18,23);7-8,10H,3-6,9H2,1-2H3/b;;8-7-. The molecule has 0 radical (unpaired) electrons. The SMILES string of the molecule is CCC(C)C(NC(=O)CNC(=O)C(Cc1c(SC)[nH]c2cc(OCCCCCCNC=O)ccc12)NC=O)C(=O)NCC(=O)NCC=O.CCCCCCN(C)C(=O)/C=C\C=O.CNC(CC(N)=O)C(=O)N1CCCC1C(=O)NC(C)CC(O)CO. The van der Waals surface area contributed by atoms with E-state index in [1.54, 1.807) is 32.8 Å². The maximum atomic E-state index is 13.2. The van der Waals surface area contributed by atoms with Crippen molar-refractivity contribution in [1.29, 1.82) is 0 Å². The van der Waals surface area contributed by atoms with Crippen molar-refractivity contribution in [3.63, 3.8) is 0 Å². The second kappa shape index (κ2) is 45.0. The molecule has 28 heteroatoms. The summed E-state index contributed by atoms with van der Waals surface area (Å²) in [5.74, 6) is -3.25. The number of benzene rings is 1. The topological polar surface area (TPSA) is 399 Å². The number of nitrogens with zero attached hydrogens (tertiary/aromatic N) is 2. The van der Waals surface area contributed by atoms with E-state index in [1.165, 1.54) is 41.7 Å². The molecule has 2 heterocycles. The third-order valence-corrected chi connectivity index (χ3v) is 14.6. The number of ether oxygens (including phenoxy) is 1. The highest BCUT2D eigenvalue weighted by molar-refractivity contribution is 7.98. The first-order valence-electron chi connectivity index (χ1n) is 29.2. The number of unbranched alkanes of at least 4 members (excludes halogenated alkanes) is 6. The van der Waals surface area contributed by atoms with Crippen LogP contribution in [0.3, 0.4) is 0 Å². The summed E-state index contributed by atoms with van der Waals surface area (Å²) in [5.41, 5.74) is 6.78. The molecule has 7 atom stereocenters. The van der Waals surface area contributed by atoms with Gasteiger partial charge in [-0.15, -0.1) is 11.8 Å². The number of carbonyl (C=O) groups excluding carboxylic acids is 12. The lowest BCUT2D eigenvalue weighted by molar-refractivity contribution is -0.141. The summed E-state index contributed by atoms with van der Waals surface area (Å²) in [6.45, 7) is 8.55. The molecule has 1 aromatic carbocycles. The Labute approximate surface area is 508 Å².